The Balaban J connectivity index is 1.90. The first-order valence-electron chi connectivity index (χ1n) is 7.20. The van der Waals surface area contributed by atoms with E-state index in [0.29, 0.717) is 6.04 Å². The summed E-state index contributed by atoms with van der Waals surface area (Å²) < 4.78 is 0. The minimum absolute atomic E-state index is 0.102. The van der Waals surface area contributed by atoms with Crippen LogP contribution in [-0.4, -0.2) is 18.0 Å². The van der Waals surface area contributed by atoms with Crippen molar-refractivity contribution < 1.29 is 4.79 Å². The van der Waals surface area contributed by atoms with Gasteiger partial charge in [-0.3, -0.25) is 4.79 Å². The number of amides is 1. The number of aryl methyl sites for hydroxylation is 2. The molecule has 2 rings (SSSR count). The summed E-state index contributed by atoms with van der Waals surface area (Å²) in [5, 5.41) is 6.40. The molecule has 2 N–H and O–H groups in total. The maximum absolute atomic E-state index is 12.1. The van der Waals surface area contributed by atoms with Crippen LogP contribution < -0.4 is 10.6 Å². The van der Waals surface area contributed by atoms with E-state index in [1.54, 1.807) is 0 Å². The Morgan fingerprint density at radius 1 is 1.21 bits per heavy atom. The quantitative estimate of drug-likeness (QED) is 0.873. The van der Waals surface area contributed by atoms with Crippen molar-refractivity contribution in [3.8, 4) is 0 Å². The summed E-state index contributed by atoms with van der Waals surface area (Å²) in [6, 6.07) is 6.40. The number of hydrogen-bond acceptors (Lipinski definition) is 2. The molecule has 104 valence electrons. The van der Waals surface area contributed by atoms with Crippen molar-refractivity contribution in [1.82, 2.24) is 5.32 Å². The summed E-state index contributed by atoms with van der Waals surface area (Å²) in [6.07, 6.45) is 4.73. The van der Waals surface area contributed by atoms with Crippen molar-refractivity contribution in [1.29, 1.82) is 0 Å². The van der Waals surface area contributed by atoms with Gasteiger partial charge >= 0.3 is 0 Å². The van der Waals surface area contributed by atoms with Crippen molar-refractivity contribution in [3.63, 3.8) is 0 Å². The van der Waals surface area contributed by atoms with E-state index in [4.69, 9.17) is 0 Å². The molecule has 3 nitrogen and oxygen atoms in total. The maximum Gasteiger partial charge on any atom is 0.242 e. The summed E-state index contributed by atoms with van der Waals surface area (Å²) in [6.45, 7) is 6.10. The third kappa shape index (κ3) is 3.72. The summed E-state index contributed by atoms with van der Waals surface area (Å²) >= 11 is 0. The molecular formula is C16H24N2O. The monoisotopic (exact) mass is 260 g/mol. The number of carbonyl (C=O) groups excluding carboxylic acids is 1. The lowest BCUT2D eigenvalue weighted by Crippen LogP contribution is -2.42. The highest BCUT2D eigenvalue weighted by molar-refractivity contribution is 5.84. The van der Waals surface area contributed by atoms with Crippen LogP contribution >= 0.6 is 0 Å². The Bertz CT molecular complexity index is 450. The molecule has 0 aliphatic heterocycles. The zero-order valence-corrected chi connectivity index (χ0v) is 12.1. The first kappa shape index (κ1) is 13.9. The van der Waals surface area contributed by atoms with Crippen LogP contribution in [0.4, 0.5) is 5.69 Å². The van der Waals surface area contributed by atoms with Crippen molar-refractivity contribution >= 4 is 11.6 Å². The van der Waals surface area contributed by atoms with Crippen LogP contribution in [0.3, 0.4) is 0 Å². The highest BCUT2D eigenvalue weighted by atomic mass is 16.2. The fraction of sp³-hybridized carbons (Fsp3) is 0.562. The van der Waals surface area contributed by atoms with Crippen LogP contribution in [0.1, 0.15) is 43.7 Å². The molecule has 0 bridgehead atoms. The highest BCUT2D eigenvalue weighted by Gasteiger charge is 2.20. The van der Waals surface area contributed by atoms with Crippen molar-refractivity contribution in [2.24, 2.45) is 0 Å². The average Bonchev–Trinajstić information content (AvgIpc) is 2.86. The van der Waals surface area contributed by atoms with E-state index in [9.17, 15) is 4.79 Å². The number of rotatable bonds is 4. The Labute approximate surface area is 115 Å². The molecule has 1 unspecified atom stereocenters. The van der Waals surface area contributed by atoms with Gasteiger partial charge in [-0.25, -0.2) is 0 Å². The molecule has 19 heavy (non-hydrogen) atoms. The molecule has 1 saturated carbocycles. The molecule has 1 amide bonds. The van der Waals surface area contributed by atoms with Gasteiger partial charge in [-0.15, -0.1) is 0 Å². The number of benzene rings is 1. The molecular weight excluding hydrogens is 236 g/mol. The molecule has 1 aliphatic carbocycles. The van der Waals surface area contributed by atoms with Crippen LogP contribution in [0, 0.1) is 13.8 Å². The van der Waals surface area contributed by atoms with Gasteiger partial charge < -0.3 is 10.6 Å². The molecule has 0 heterocycles. The standard InChI is InChI=1S/C16H24N2O/c1-11-8-9-15(10-12(11)2)17-13(3)16(19)18-14-6-4-5-7-14/h8-10,13-14,17H,4-7H2,1-3H3,(H,18,19). The largest absolute Gasteiger partial charge is 0.374 e. The minimum Gasteiger partial charge on any atom is -0.374 e. The third-order valence-corrected chi connectivity index (χ3v) is 3.98. The van der Waals surface area contributed by atoms with Gasteiger partial charge in [0.25, 0.3) is 0 Å². The molecule has 3 heteroatoms. The predicted molar refractivity (Wildman–Crippen MR) is 79.4 cm³/mol. The lowest BCUT2D eigenvalue weighted by molar-refractivity contribution is -0.122. The predicted octanol–water partition coefficient (Wildman–Crippen LogP) is 3.16. The second-order valence-corrected chi connectivity index (χ2v) is 5.66. The van der Waals surface area contributed by atoms with E-state index < -0.39 is 0 Å². The maximum atomic E-state index is 12.1. The zero-order valence-electron chi connectivity index (χ0n) is 12.1. The van der Waals surface area contributed by atoms with Crippen LogP contribution in [0.5, 0.6) is 0 Å². The van der Waals surface area contributed by atoms with Crippen molar-refractivity contribution in [3.05, 3.63) is 29.3 Å². The Morgan fingerprint density at radius 2 is 1.89 bits per heavy atom. The molecule has 1 atom stereocenters. The molecule has 1 aromatic carbocycles. The summed E-state index contributed by atoms with van der Waals surface area (Å²) in [4.78, 5) is 12.1. The first-order valence-corrected chi connectivity index (χ1v) is 7.20. The Kier molecular flexibility index (Phi) is 4.46. The smallest absolute Gasteiger partial charge is 0.242 e. The molecule has 0 saturated heterocycles. The van der Waals surface area contributed by atoms with Gasteiger partial charge in [0, 0.05) is 11.7 Å². The molecule has 0 aromatic heterocycles. The zero-order chi connectivity index (χ0) is 13.8. The summed E-state index contributed by atoms with van der Waals surface area (Å²) in [5.74, 6) is 0.102. The van der Waals surface area contributed by atoms with Gasteiger partial charge in [0.1, 0.15) is 6.04 Å². The SMILES string of the molecule is Cc1ccc(NC(C)C(=O)NC2CCCC2)cc1C. The van der Waals surface area contributed by atoms with E-state index >= 15 is 0 Å². The normalized spacial score (nSPS) is 17.2. The van der Waals surface area contributed by atoms with Crippen LogP contribution in [-0.2, 0) is 4.79 Å². The van der Waals surface area contributed by atoms with Gasteiger partial charge in [0.15, 0.2) is 0 Å². The van der Waals surface area contributed by atoms with E-state index in [2.05, 4.69) is 36.6 Å². The Hall–Kier alpha value is -1.51. The average molecular weight is 260 g/mol. The van der Waals surface area contributed by atoms with Gasteiger partial charge in [0.2, 0.25) is 5.91 Å². The van der Waals surface area contributed by atoms with Crippen molar-refractivity contribution in [2.45, 2.75) is 58.5 Å². The second-order valence-electron chi connectivity index (χ2n) is 5.66. The van der Waals surface area contributed by atoms with Crippen molar-refractivity contribution in [2.75, 3.05) is 5.32 Å². The van der Waals surface area contributed by atoms with Gasteiger partial charge in [0.05, 0.1) is 0 Å². The number of carbonyl (C=O) groups is 1. The van der Waals surface area contributed by atoms with Crippen LogP contribution in [0.25, 0.3) is 0 Å². The van der Waals surface area contributed by atoms with E-state index in [1.165, 1.54) is 24.0 Å². The topological polar surface area (TPSA) is 41.1 Å². The molecule has 1 aliphatic rings. The summed E-state index contributed by atoms with van der Waals surface area (Å²) in [7, 11) is 0. The molecule has 1 aromatic rings. The van der Waals surface area contributed by atoms with Gasteiger partial charge in [-0.05, 0) is 56.9 Å². The van der Waals surface area contributed by atoms with Gasteiger partial charge in [-0.1, -0.05) is 18.9 Å². The number of anilines is 1. The van der Waals surface area contributed by atoms with E-state index in [-0.39, 0.29) is 11.9 Å². The second kappa shape index (κ2) is 6.09. The van der Waals surface area contributed by atoms with Crippen LogP contribution in [0.2, 0.25) is 0 Å². The number of nitrogens with one attached hydrogen (secondary N) is 2. The fourth-order valence-electron chi connectivity index (χ4n) is 2.54. The number of hydrogen-bond donors (Lipinski definition) is 2. The summed E-state index contributed by atoms with van der Waals surface area (Å²) in [5.41, 5.74) is 3.53. The fourth-order valence-corrected chi connectivity index (χ4v) is 2.54. The third-order valence-electron chi connectivity index (χ3n) is 3.98. The van der Waals surface area contributed by atoms with Crippen LogP contribution in [0.15, 0.2) is 18.2 Å². The Morgan fingerprint density at radius 3 is 2.53 bits per heavy atom. The molecule has 1 fully saturated rings. The highest BCUT2D eigenvalue weighted by Crippen LogP contribution is 2.18. The van der Waals surface area contributed by atoms with E-state index in [1.807, 2.05) is 13.0 Å². The minimum atomic E-state index is -0.192. The molecule has 0 radical (unpaired) electrons. The van der Waals surface area contributed by atoms with Gasteiger partial charge in [-0.2, -0.15) is 0 Å². The lowest BCUT2D eigenvalue weighted by atomic mass is 10.1. The lowest BCUT2D eigenvalue weighted by Gasteiger charge is -2.19. The van der Waals surface area contributed by atoms with E-state index in [0.717, 1.165) is 18.5 Å². The first-order chi connectivity index (χ1) is 9.06. The molecule has 0 spiro atoms.